The Hall–Kier alpha value is -1.21. The normalized spacial score (nSPS) is 7.59. The highest BCUT2D eigenvalue weighted by Gasteiger charge is 1.91. The Labute approximate surface area is 112 Å². The van der Waals surface area contributed by atoms with Gasteiger partial charge in [-0.15, -0.1) is 13.2 Å². The molecule has 0 nitrogen and oxygen atoms in total. The van der Waals surface area contributed by atoms with Crippen LogP contribution in [-0.2, 0) is 0 Å². The second kappa shape index (κ2) is 12.9. The molecule has 0 aliphatic heterocycles. The summed E-state index contributed by atoms with van der Waals surface area (Å²) in [5, 5.41) is 2.68. The summed E-state index contributed by atoms with van der Waals surface area (Å²) in [4.78, 5) is 0. The first kappa shape index (κ1) is 18.2. The van der Waals surface area contributed by atoms with Crippen molar-refractivity contribution in [3.8, 4) is 0 Å². The van der Waals surface area contributed by atoms with Gasteiger partial charge in [-0.05, 0) is 29.5 Å². The minimum atomic E-state index is 1.33. The van der Waals surface area contributed by atoms with Crippen LogP contribution >= 0.6 is 12.6 Å². The maximum absolute atomic E-state index is 3.53. The molecule has 17 heavy (non-hydrogen) atoms. The zero-order valence-corrected chi connectivity index (χ0v) is 12.3. The van der Waals surface area contributed by atoms with Crippen LogP contribution in [0.25, 0.3) is 10.8 Å². The van der Waals surface area contributed by atoms with Gasteiger partial charge >= 0.3 is 0 Å². The summed E-state index contributed by atoms with van der Waals surface area (Å²) in [6.45, 7) is 12.1. The summed E-state index contributed by atoms with van der Waals surface area (Å²) in [5.41, 5.74) is 1.35. The number of thiol groups is 1. The zero-order chi connectivity index (χ0) is 13.7. The van der Waals surface area contributed by atoms with E-state index in [1.807, 2.05) is 13.8 Å². The molecule has 2 aromatic rings. The Bertz CT molecular complexity index is 388. The minimum Gasteiger partial charge on any atom is -0.183 e. The third-order valence-corrected chi connectivity index (χ3v) is 2.01. The molecule has 94 valence electrons. The Kier molecular flexibility index (Phi) is 13.7. The van der Waals surface area contributed by atoms with Gasteiger partial charge in [-0.2, -0.15) is 12.6 Å². The quantitative estimate of drug-likeness (QED) is 0.460. The topological polar surface area (TPSA) is 0 Å². The highest BCUT2D eigenvalue weighted by Crippen LogP contribution is 2.16. The van der Waals surface area contributed by atoms with Gasteiger partial charge in [0.25, 0.3) is 0 Å². The van der Waals surface area contributed by atoms with Gasteiger partial charge in [0, 0.05) is 0 Å². The van der Waals surface area contributed by atoms with Crippen molar-refractivity contribution in [2.24, 2.45) is 0 Å². The molecule has 0 bridgehead atoms. The molecule has 0 spiro atoms. The van der Waals surface area contributed by atoms with Gasteiger partial charge in [0.05, 0.1) is 0 Å². The summed E-state index contributed by atoms with van der Waals surface area (Å²) in [6, 6.07) is 14.8. The van der Waals surface area contributed by atoms with E-state index in [1.165, 1.54) is 16.3 Å². The van der Waals surface area contributed by atoms with Crippen molar-refractivity contribution in [1.29, 1.82) is 0 Å². The van der Waals surface area contributed by atoms with E-state index in [0.29, 0.717) is 0 Å². The maximum atomic E-state index is 3.53. The van der Waals surface area contributed by atoms with E-state index in [4.69, 9.17) is 0 Å². The van der Waals surface area contributed by atoms with Crippen molar-refractivity contribution >= 4 is 23.4 Å². The molecule has 0 amide bonds. The molecule has 1 heteroatoms. The van der Waals surface area contributed by atoms with Crippen LogP contribution in [0.3, 0.4) is 0 Å². The van der Waals surface area contributed by atoms with Crippen molar-refractivity contribution in [3.63, 3.8) is 0 Å². The first-order valence-electron chi connectivity index (χ1n) is 5.77. The third-order valence-electron chi connectivity index (χ3n) is 2.01. The number of hydrogen-bond donors (Lipinski definition) is 1. The Morgan fingerprint density at radius 3 is 1.82 bits per heavy atom. The largest absolute Gasteiger partial charge is 0.183 e. The molecular weight excluding hydrogens is 224 g/mol. The average molecular weight is 248 g/mol. The van der Waals surface area contributed by atoms with Gasteiger partial charge in [-0.25, -0.2) is 0 Å². The van der Waals surface area contributed by atoms with E-state index in [-0.39, 0.29) is 0 Å². The van der Waals surface area contributed by atoms with Crippen LogP contribution < -0.4 is 0 Å². The number of hydrogen-bond acceptors (Lipinski definition) is 1. The maximum Gasteiger partial charge on any atom is -0.0155 e. The Balaban J connectivity index is 0. The number of aryl methyl sites for hydroxylation is 1. The van der Waals surface area contributed by atoms with Crippen LogP contribution in [0.1, 0.15) is 19.4 Å². The molecule has 0 aliphatic carbocycles. The SMILES string of the molecule is C=C.CC.CS.Cc1cccc2ccccc12. The van der Waals surface area contributed by atoms with Gasteiger partial charge in [0.1, 0.15) is 0 Å². The first-order chi connectivity index (χ1) is 8.38. The van der Waals surface area contributed by atoms with Gasteiger partial charge in [-0.3, -0.25) is 0 Å². The van der Waals surface area contributed by atoms with E-state index >= 15 is 0 Å². The summed E-state index contributed by atoms with van der Waals surface area (Å²) in [5.74, 6) is 0. The predicted octanol–water partition coefficient (Wildman–Crippen LogP) is 5.52. The molecule has 2 aromatic carbocycles. The van der Waals surface area contributed by atoms with E-state index in [0.717, 1.165) is 0 Å². The summed E-state index contributed by atoms with van der Waals surface area (Å²) >= 11 is 3.53. The molecule has 0 unspecified atom stereocenters. The lowest BCUT2D eigenvalue weighted by molar-refractivity contribution is 1.50. The lowest BCUT2D eigenvalue weighted by Crippen LogP contribution is -1.75. The fraction of sp³-hybridized carbons (Fsp3) is 0.250. The molecular formula is C16H24S. The van der Waals surface area contributed by atoms with Crippen molar-refractivity contribution in [2.45, 2.75) is 20.8 Å². The molecule has 0 aromatic heterocycles. The van der Waals surface area contributed by atoms with Gasteiger partial charge < -0.3 is 0 Å². The van der Waals surface area contributed by atoms with Crippen molar-refractivity contribution in [3.05, 3.63) is 61.2 Å². The molecule has 0 atom stereocenters. The average Bonchev–Trinajstić information content (AvgIpc) is 2.46. The molecule has 0 heterocycles. The molecule has 0 fully saturated rings. The standard InChI is InChI=1S/C11H10.C2H6.C2H4.CH4S/c1-9-5-4-7-10-6-2-3-8-11(9)10;3*1-2/h2-8H,1H3;1-2H3;1-2H2;2H,1H3. The van der Waals surface area contributed by atoms with E-state index < -0.39 is 0 Å². The fourth-order valence-electron chi connectivity index (χ4n) is 1.39. The molecule has 2 rings (SSSR count). The number of benzene rings is 2. The van der Waals surface area contributed by atoms with E-state index in [9.17, 15) is 0 Å². The Morgan fingerprint density at radius 2 is 1.29 bits per heavy atom. The van der Waals surface area contributed by atoms with Gasteiger partial charge in [0.2, 0.25) is 0 Å². The smallest absolute Gasteiger partial charge is 0.0155 e. The van der Waals surface area contributed by atoms with Gasteiger partial charge in [0.15, 0.2) is 0 Å². The van der Waals surface area contributed by atoms with Crippen molar-refractivity contribution < 1.29 is 0 Å². The van der Waals surface area contributed by atoms with Crippen LogP contribution in [0, 0.1) is 6.92 Å². The predicted molar refractivity (Wildman–Crippen MR) is 86.2 cm³/mol. The van der Waals surface area contributed by atoms with Crippen LogP contribution in [0.15, 0.2) is 55.6 Å². The van der Waals surface area contributed by atoms with Crippen LogP contribution in [0.5, 0.6) is 0 Å². The molecule has 0 radical (unpaired) electrons. The summed E-state index contributed by atoms with van der Waals surface area (Å²) < 4.78 is 0. The van der Waals surface area contributed by atoms with Crippen LogP contribution in [-0.4, -0.2) is 6.26 Å². The molecule has 0 saturated carbocycles. The lowest BCUT2D eigenvalue weighted by Gasteiger charge is -1.98. The molecule has 0 N–H and O–H groups in total. The van der Waals surface area contributed by atoms with Crippen molar-refractivity contribution in [2.75, 3.05) is 6.26 Å². The first-order valence-corrected chi connectivity index (χ1v) is 6.66. The highest BCUT2D eigenvalue weighted by atomic mass is 32.1. The number of rotatable bonds is 0. The van der Waals surface area contributed by atoms with Crippen molar-refractivity contribution in [1.82, 2.24) is 0 Å². The molecule has 0 saturated heterocycles. The second-order valence-corrected chi connectivity index (χ2v) is 2.80. The van der Waals surface area contributed by atoms with Gasteiger partial charge in [-0.1, -0.05) is 56.3 Å². The monoisotopic (exact) mass is 248 g/mol. The number of fused-ring (bicyclic) bond motifs is 1. The summed E-state index contributed by atoms with van der Waals surface area (Å²) in [7, 11) is 0. The third kappa shape index (κ3) is 6.18. The van der Waals surface area contributed by atoms with E-state index in [1.54, 1.807) is 6.26 Å². The van der Waals surface area contributed by atoms with Crippen LogP contribution in [0.4, 0.5) is 0 Å². The second-order valence-electron chi connectivity index (χ2n) is 2.80. The highest BCUT2D eigenvalue weighted by molar-refractivity contribution is 7.79. The van der Waals surface area contributed by atoms with E-state index in [2.05, 4.69) is 75.2 Å². The zero-order valence-electron chi connectivity index (χ0n) is 11.4. The van der Waals surface area contributed by atoms with Crippen LogP contribution in [0.2, 0.25) is 0 Å². The Morgan fingerprint density at radius 1 is 0.824 bits per heavy atom. The fourth-order valence-corrected chi connectivity index (χ4v) is 1.39. The summed E-state index contributed by atoms with van der Waals surface area (Å²) in [6.07, 6.45) is 1.69. The molecule has 0 aliphatic rings. The lowest BCUT2D eigenvalue weighted by atomic mass is 10.1. The minimum absolute atomic E-state index is 1.33.